The Balaban J connectivity index is 1.86. The lowest BCUT2D eigenvalue weighted by atomic mass is 10.1. The topological polar surface area (TPSA) is 74.6 Å². The van der Waals surface area contributed by atoms with E-state index in [1.54, 1.807) is 18.2 Å². The van der Waals surface area contributed by atoms with Crippen LogP contribution in [0.4, 0.5) is 8.78 Å². The van der Waals surface area contributed by atoms with Crippen molar-refractivity contribution < 1.29 is 27.4 Å². The maximum Gasteiger partial charge on any atom is 0.182 e. The molecule has 3 aromatic rings. The van der Waals surface area contributed by atoms with Crippen LogP contribution in [0.25, 0.3) is 11.1 Å². The number of halogens is 2. The van der Waals surface area contributed by atoms with Crippen LogP contribution in [-0.2, 0) is 28.8 Å². The van der Waals surface area contributed by atoms with Gasteiger partial charge in [0, 0.05) is 11.6 Å². The highest BCUT2D eigenvalue weighted by Crippen LogP contribution is 2.26. The van der Waals surface area contributed by atoms with Crippen molar-refractivity contribution in [1.82, 2.24) is 0 Å². The second-order valence-electron chi connectivity index (χ2n) is 6.33. The molecule has 0 unspecified atom stereocenters. The normalized spacial score (nSPS) is 11.6. The fourth-order valence-electron chi connectivity index (χ4n) is 2.94. The van der Waals surface area contributed by atoms with Crippen LogP contribution in [0.15, 0.2) is 65.6 Å². The summed E-state index contributed by atoms with van der Waals surface area (Å²) in [7, 11) is -3.67. The molecular formula is C21H18F2O4S. The van der Waals surface area contributed by atoms with Crippen molar-refractivity contribution in [3.05, 3.63) is 89.0 Å². The Morgan fingerprint density at radius 2 is 1.46 bits per heavy atom. The van der Waals surface area contributed by atoms with Gasteiger partial charge in [-0.2, -0.15) is 0 Å². The highest BCUT2D eigenvalue weighted by molar-refractivity contribution is 7.90. The van der Waals surface area contributed by atoms with Crippen molar-refractivity contribution in [1.29, 1.82) is 0 Å². The third-order valence-corrected chi connectivity index (χ3v) is 6.13. The molecule has 0 heterocycles. The van der Waals surface area contributed by atoms with E-state index in [1.807, 2.05) is 0 Å². The molecule has 0 radical (unpaired) electrons. The minimum atomic E-state index is -3.67. The molecule has 0 saturated carbocycles. The monoisotopic (exact) mass is 404 g/mol. The predicted molar refractivity (Wildman–Crippen MR) is 101 cm³/mol. The average molecular weight is 404 g/mol. The van der Waals surface area contributed by atoms with Gasteiger partial charge in [0.2, 0.25) is 0 Å². The van der Waals surface area contributed by atoms with Crippen molar-refractivity contribution in [2.45, 2.75) is 23.9 Å². The van der Waals surface area contributed by atoms with Gasteiger partial charge in [-0.05, 0) is 46.5 Å². The van der Waals surface area contributed by atoms with Gasteiger partial charge in [0.05, 0.1) is 23.9 Å². The van der Waals surface area contributed by atoms with E-state index in [9.17, 15) is 27.4 Å². The second kappa shape index (κ2) is 8.18. The predicted octanol–water partition coefficient (Wildman–Crippen LogP) is 3.59. The van der Waals surface area contributed by atoms with Gasteiger partial charge in [-0.25, -0.2) is 17.2 Å². The Morgan fingerprint density at radius 1 is 0.786 bits per heavy atom. The zero-order valence-electron chi connectivity index (χ0n) is 14.8. The first-order valence-electron chi connectivity index (χ1n) is 8.44. The Hall–Kier alpha value is -2.61. The van der Waals surface area contributed by atoms with Crippen molar-refractivity contribution in [2.75, 3.05) is 0 Å². The van der Waals surface area contributed by atoms with Crippen LogP contribution in [0, 0.1) is 11.6 Å². The van der Waals surface area contributed by atoms with Crippen molar-refractivity contribution in [3.63, 3.8) is 0 Å². The minimum absolute atomic E-state index is 0.0653. The first kappa shape index (κ1) is 20.1. The Bertz CT molecular complexity index is 1090. The summed E-state index contributed by atoms with van der Waals surface area (Å²) in [5, 5.41) is 18.6. The molecular weight excluding hydrogens is 386 g/mol. The first-order chi connectivity index (χ1) is 13.3. The van der Waals surface area contributed by atoms with Crippen LogP contribution in [0.2, 0.25) is 0 Å². The lowest BCUT2D eigenvalue weighted by Gasteiger charge is -2.10. The number of aliphatic hydroxyl groups is 2. The number of hydrogen-bond donors (Lipinski definition) is 2. The smallest absolute Gasteiger partial charge is 0.182 e. The van der Waals surface area contributed by atoms with E-state index in [-0.39, 0.29) is 29.4 Å². The van der Waals surface area contributed by atoms with Gasteiger partial charge in [-0.1, -0.05) is 30.3 Å². The molecule has 4 nitrogen and oxygen atoms in total. The summed E-state index contributed by atoms with van der Waals surface area (Å²) in [6.45, 7) is -0.550. The maximum atomic E-state index is 13.9. The van der Waals surface area contributed by atoms with Crippen LogP contribution in [0.3, 0.4) is 0 Å². The van der Waals surface area contributed by atoms with Gasteiger partial charge in [0.25, 0.3) is 0 Å². The van der Waals surface area contributed by atoms with E-state index in [2.05, 4.69) is 0 Å². The summed E-state index contributed by atoms with van der Waals surface area (Å²) in [6.07, 6.45) is 0. The average Bonchev–Trinajstić information content (AvgIpc) is 2.67. The van der Waals surface area contributed by atoms with Crippen LogP contribution in [0.5, 0.6) is 0 Å². The molecule has 0 fully saturated rings. The molecule has 7 heteroatoms. The summed E-state index contributed by atoms with van der Waals surface area (Å²) in [6, 6.07) is 13.6. The first-order valence-corrected chi connectivity index (χ1v) is 10.1. The molecule has 0 aliphatic rings. The van der Waals surface area contributed by atoms with Gasteiger partial charge in [-0.15, -0.1) is 0 Å². The van der Waals surface area contributed by atoms with Crippen LogP contribution in [-0.4, -0.2) is 18.6 Å². The van der Waals surface area contributed by atoms with Crippen LogP contribution in [0.1, 0.15) is 16.7 Å². The fourth-order valence-corrected chi connectivity index (χ4v) is 4.27. The van der Waals surface area contributed by atoms with E-state index in [0.717, 1.165) is 12.1 Å². The largest absolute Gasteiger partial charge is 0.392 e. The van der Waals surface area contributed by atoms with Crippen molar-refractivity contribution >= 4 is 9.84 Å². The standard InChI is InChI=1S/C21H18F2O4S/c22-18-5-8-20(21(23)10-18)15-3-6-19(7-4-15)28(26,27)13-14-1-2-16(11-24)17(9-14)12-25/h1-10,24-25H,11-13H2. The molecule has 3 aromatic carbocycles. The van der Waals surface area contributed by atoms with E-state index in [4.69, 9.17) is 0 Å². The second-order valence-corrected chi connectivity index (χ2v) is 8.32. The molecule has 0 bridgehead atoms. The summed E-state index contributed by atoms with van der Waals surface area (Å²) < 4.78 is 52.3. The maximum absolute atomic E-state index is 13.9. The number of sulfone groups is 1. The molecule has 0 aliphatic carbocycles. The summed E-state index contributed by atoms with van der Waals surface area (Å²) >= 11 is 0. The highest BCUT2D eigenvalue weighted by atomic mass is 32.2. The summed E-state index contributed by atoms with van der Waals surface area (Å²) in [4.78, 5) is 0.0653. The summed E-state index contributed by atoms with van der Waals surface area (Å²) in [5.41, 5.74) is 2.10. The molecule has 2 N–H and O–H groups in total. The van der Waals surface area contributed by atoms with E-state index in [0.29, 0.717) is 22.3 Å². The lowest BCUT2D eigenvalue weighted by Crippen LogP contribution is -2.06. The van der Waals surface area contributed by atoms with Crippen molar-refractivity contribution in [3.8, 4) is 11.1 Å². The molecule has 0 saturated heterocycles. The van der Waals surface area contributed by atoms with E-state index >= 15 is 0 Å². The molecule has 0 aliphatic heterocycles. The fraction of sp³-hybridized carbons (Fsp3) is 0.143. The SMILES string of the molecule is O=S(=O)(Cc1ccc(CO)c(CO)c1)c1ccc(-c2ccc(F)cc2F)cc1. The van der Waals surface area contributed by atoms with Crippen LogP contribution < -0.4 is 0 Å². The molecule has 0 amide bonds. The Morgan fingerprint density at radius 3 is 2.07 bits per heavy atom. The van der Waals surface area contributed by atoms with Crippen molar-refractivity contribution in [2.24, 2.45) is 0 Å². The van der Waals surface area contributed by atoms with Gasteiger partial charge in [-0.3, -0.25) is 0 Å². The van der Waals surface area contributed by atoms with Gasteiger partial charge in [0.1, 0.15) is 11.6 Å². The van der Waals surface area contributed by atoms with E-state index < -0.39 is 21.5 Å². The van der Waals surface area contributed by atoms with E-state index in [1.165, 1.54) is 30.3 Å². The zero-order valence-corrected chi connectivity index (χ0v) is 15.6. The molecule has 28 heavy (non-hydrogen) atoms. The molecule has 3 rings (SSSR count). The molecule has 0 aromatic heterocycles. The number of rotatable bonds is 6. The third-order valence-electron chi connectivity index (χ3n) is 4.42. The number of aliphatic hydroxyl groups excluding tert-OH is 2. The third kappa shape index (κ3) is 4.27. The Labute approximate surface area is 161 Å². The summed E-state index contributed by atoms with van der Waals surface area (Å²) in [5.74, 6) is -1.69. The number of benzene rings is 3. The van der Waals surface area contributed by atoms with Gasteiger partial charge < -0.3 is 10.2 Å². The lowest BCUT2D eigenvalue weighted by molar-refractivity contribution is 0.260. The van der Waals surface area contributed by atoms with Gasteiger partial charge >= 0.3 is 0 Å². The minimum Gasteiger partial charge on any atom is -0.392 e. The molecule has 146 valence electrons. The Kier molecular flexibility index (Phi) is 5.88. The highest BCUT2D eigenvalue weighted by Gasteiger charge is 2.17. The van der Waals surface area contributed by atoms with Crippen LogP contribution >= 0.6 is 0 Å². The quantitative estimate of drug-likeness (QED) is 0.659. The molecule has 0 spiro atoms. The zero-order chi connectivity index (χ0) is 20.3. The number of hydrogen-bond acceptors (Lipinski definition) is 4. The van der Waals surface area contributed by atoms with Gasteiger partial charge in [0.15, 0.2) is 9.84 Å². The molecule has 0 atom stereocenters.